The molecule has 2 rings (SSSR count). The minimum atomic E-state index is -0.176. The number of nitrogens with zero attached hydrogens (tertiary/aromatic N) is 1. The standard InChI is InChI=1S/C15H20N2O3S/c1-9-8-12(11(3)21-9)10(2)16-13(18)6-7-17-14(19)4-5-15(17)20/h8,10H,4-7H2,1-3H3,(H,16,18)/t10-/m1/s1. The van der Waals surface area contributed by atoms with Gasteiger partial charge in [-0.3, -0.25) is 19.3 Å². The normalized spacial score (nSPS) is 16.4. The monoisotopic (exact) mass is 308 g/mol. The number of nitrogens with one attached hydrogen (secondary N) is 1. The minimum absolute atomic E-state index is 0.0626. The molecule has 1 aromatic rings. The van der Waals surface area contributed by atoms with Gasteiger partial charge in [0.15, 0.2) is 0 Å². The third kappa shape index (κ3) is 3.69. The van der Waals surface area contributed by atoms with E-state index >= 15 is 0 Å². The number of amides is 3. The minimum Gasteiger partial charge on any atom is -0.349 e. The van der Waals surface area contributed by atoms with Gasteiger partial charge in [-0.05, 0) is 32.4 Å². The molecule has 0 aromatic carbocycles. The van der Waals surface area contributed by atoms with E-state index in [4.69, 9.17) is 0 Å². The Kier molecular flexibility index (Phi) is 4.77. The zero-order chi connectivity index (χ0) is 15.6. The first-order chi connectivity index (χ1) is 9.88. The maximum atomic E-state index is 12.0. The van der Waals surface area contributed by atoms with Crippen molar-refractivity contribution < 1.29 is 14.4 Å². The van der Waals surface area contributed by atoms with Crippen molar-refractivity contribution in [3.63, 3.8) is 0 Å². The molecule has 3 amide bonds. The number of imide groups is 1. The Balaban J connectivity index is 1.86. The second kappa shape index (κ2) is 6.39. The van der Waals surface area contributed by atoms with Gasteiger partial charge in [0.05, 0.1) is 6.04 Å². The van der Waals surface area contributed by atoms with Crippen LogP contribution in [0.3, 0.4) is 0 Å². The van der Waals surface area contributed by atoms with Crippen LogP contribution in [0.2, 0.25) is 0 Å². The molecule has 1 saturated heterocycles. The summed E-state index contributed by atoms with van der Waals surface area (Å²) in [5, 5.41) is 2.92. The molecule has 21 heavy (non-hydrogen) atoms. The predicted molar refractivity (Wildman–Crippen MR) is 80.9 cm³/mol. The van der Waals surface area contributed by atoms with Crippen LogP contribution in [0.15, 0.2) is 6.07 Å². The Labute approximate surface area is 128 Å². The van der Waals surface area contributed by atoms with Gasteiger partial charge in [0, 0.05) is 35.6 Å². The molecule has 1 N–H and O–H groups in total. The molecule has 0 saturated carbocycles. The van der Waals surface area contributed by atoms with E-state index in [1.807, 2.05) is 20.8 Å². The van der Waals surface area contributed by atoms with E-state index in [0.29, 0.717) is 0 Å². The highest BCUT2D eigenvalue weighted by molar-refractivity contribution is 7.12. The van der Waals surface area contributed by atoms with Crippen molar-refractivity contribution in [1.29, 1.82) is 0 Å². The van der Waals surface area contributed by atoms with E-state index in [0.717, 1.165) is 5.56 Å². The summed E-state index contributed by atoms with van der Waals surface area (Å²) in [4.78, 5) is 38.5. The number of carbonyl (C=O) groups excluding carboxylic acids is 3. The molecule has 6 heteroatoms. The molecule has 0 radical (unpaired) electrons. The summed E-state index contributed by atoms with van der Waals surface area (Å²) >= 11 is 1.71. The Hall–Kier alpha value is -1.69. The molecule has 2 heterocycles. The predicted octanol–water partition coefficient (Wildman–Crippen LogP) is 2.08. The molecule has 0 spiro atoms. The topological polar surface area (TPSA) is 66.5 Å². The fourth-order valence-electron chi connectivity index (χ4n) is 2.56. The number of hydrogen-bond donors (Lipinski definition) is 1. The van der Waals surface area contributed by atoms with E-state index in [9.17, 15) is 14.4 Å². The van der Waals surface area contributed by atoms with E-state index < -0.39 is 0 Å². The Morgan fingerprint density at radius 2 is 1.95 bits per heavy atom. The van der Waals surface area contributed by atoms with E-state index in [1.165, 1.54) is 14.7 Å². The lowest BCUT2D eigenvalue weighted by Gasteiger charge is -2.16. The average Bonchev–Trinajstić information content (AvgIpc) is 2.90. The van der Waals surface area contributed by atoms with Crippen LogP contribution in [0.5, 0.6) is 0 Å². The number of aryl methyl sites for hydroxylation is 2. The highest BCUT2D eigenvalue weighted by Crippen LogP contribution is 2.26. The summed E-state index contributed by atoms with van der Waals surface area (Å²) in [6.45, 7) is 6.20. The molecule has 1 aromatic heterocycles. The summed E-state index contributed by atoms with van der Waals surface area (Å²) in [5.74, 6) is -0.492. The van der Waals surface area contributed by atoms with Crippen molar-refractivity contribution in [3.05, 3.63) is 21.4 Å². The number of rotatable bonds is 5. The fourth-order valence-corrected chi connectivity index (χ4v) is 3.58. The Bertz CT molecular complexity index is 563. The van der Waals surface area contributed by atoms with Crippen molar-refractivity contribution in [1.82, 2.24) is 10.2 Å². The summed E-state index contributed by atoms with van der Waals surface area (Å²) in [6.07, 6.45) is 0.693. The van der Waals surface area contributed by atoms with Crippen LogP contribution in [-0.2, 0) is 14.4 Å². The zero-order valence-electron chi connectivity index (χ0n) is 12.6. The fraction of sp³-hybridized carbons (Fsp3) is 0.533. The molecule has 1 aliphatic rings. The number of thiophene rings is 1. The molecule has 1 atom stereocenters. The van der Waals surface area contributed by atoms with Crippen molar-refractivity contribution in [3.8, 4) is 0 Å². The maximum Gasteiger partial charge on any atom is 0.229 e. The quantitative estimate of drug-likeness (QED) is 0.847. The van der Waals surface area contributed by atoms with Crippen LogP contribution in [0, 0.1) is 13.8 Å². The van der Waals surface area contributed by atoms with Crippen molar-refractivity contribution >= 4 is 29.1 Å². The van der Waals surface area contributed by atoms with Gasteiger partial charge in [0.1, 0.15) is 0 Å². The highest BCUT2D eigenvalue weighted by Gasteiger charge is 2.28. The second-order valence-corrected chi connectivity index (χ2v) is 6.81. The highest BCUT2D eigenvalue weighted by atomic mass is 32.1. The molecule has 1 fully saturated rings. The molecule has 0 unspecified atom stereocenters. The van der Waals surface area contributed by atoms with Crippen LogP contribution in [0.25, 0.3) is 0 Å². The summed E-state index contributed by atoms with van der Waals surface area (Å²) < 4.78 is 0. The van der Waals surface area contributed by atoms with Gasteiger partial charge < -0.3 is 5.32 Å². The first-order valence-corrected chi connectivity index (χ1v) is 7.89. The van der Waals surface area contributed by atoms with Gasteiger partial charge in [0.25, 0.3) is 0 Å². The van der Waals surface area contributed by atoms with E-state index in [-0.39, 0.29) is 49.6 Å². The average molecular weight is 308 g/mol. The molecule has 0 aliphatic carbocycles. The van der Waals surface area contributed by atoms with Crippen molar-refractivity contribution in [2.75, 3.05) is 6.54 Å². The van der Waals surface area contributed by atoms with Gasteiger partial charge in [-0.25, -0.2) is 0 Å². The van der Waals surface area contributed by atoms with Crippen LogP contribution in [0.4, 0.5) is 0 Å². The summed E-state index contributed by atoms with van der Waals surface area (Å²) in [5.41, 5.74) is 1.12. The van der Waals surface area contributed by atoms with Crippen molar-refractivity contribution in [2.45, 2.75) is 46.1 Å². The first kappa shape index (κ1) is 15.7. The number of likely N-dealkylation sites (tertiary alicyclic amines) is 1. The largest absolute Gasteiger partial charge is 0.349 e. The van der Waals surface area contributed by atoms with Gasteiger partial charge in [-0.2, -0.15) is 0 Å². The second-order valence-electron chi connectivity index (χ2n) is 5.35. The van der Waals surface area contributed by atoms with Crippen LogP contribution in [-0.4, -0.2) is 29.2 Å². The van der Waals surface area contributed by atoms with Gasteiger partial charge >= 0.3 is 0 Å². The zero-order valence-corrected chi connectivity index (χ0v) is 13.4. The molecule has 114 valence electrons. The SMILES string of the molecule is Cc1cc([C@@H](C)NC(=O)CCN2C(=O)CCC2=O)c(C)s1. The molecule has 0 bridgehead atoms. The number of carbonyl (C=O) groups is 3. The van der Waals surface area contributed by atoms with Crippen molar-refractivity contribution in [2.24, 2.45) is 0 Å². The lowest BCUT2D eigenvalue weighted by molar-refractivity contribution is -0.138. The first-order valence-electron chi connectivity index (χ1n) is 7.08. The summed E-state index contributed by atoms with van der Waals surface area (Å²) in [7, 11) is 0. The Morgan fingerprint density at radius 3 is 2.48 bits per heavy atom. The van der Waals surface area contributed by atoms with Crippen LogP contribution in [0.1, 0.15) is 47.5 Å². The van der Waals surface area contributed by atoms with Gasteiger partial charge in [0.2, 0.25) is 17.7 Å². The molecular formula is C15H20N2O3S. The lowest BCUT2D eigenvalue weighted by atomic mass is 10.1. The van der Waals surface area contributed by atoms with Crippen LogP contribution < -0.4 is 5.32 Å². The number of hydrogen-bond acceptors (Lipinski definition) is 4. The van der Waals surface area contributed by atoms with Gasteiger partial charge in [-0.15, -0.1) is 11.3 Å². The van der Waals surface area contributed by atoms with E-state index in [2.05, 4.69) is 11.4 Å². The van der Waals surface area contributed by atoms with E-state index in [1.54, 1.807) is 11.3 Å². The maximum absolute atomic E-state index is 12.0. The summed E-state index contributed by atoms with van der Waals surface area (Å²) in [6, 6.07) is 2.02. The third-order valence-electron chi connectivity index (χ3n) is 3.64. The third-order valence-corrected chi connectivity index (χ3v) is 4.62. The Morgan fingerprint density at radius 1 is 1.33 bits per heavy atom. The van der Waals surface area contributed by atoms with Crippen LogP contribution >= 0.6 is 11.3 Å². The molecule has 1 aliphatic heterocycles. The molecule has 5 nitrogen and oxygen atoms in total. The van der Waals surface area contributed by atoms with Gasteiger partial charge in [-0.1, -0.05) is 0 Å². The smallest absolute Gasteiger partial charge is 0.229 e. The lowest BCUT2D eigenvalue weighted by Crippen LogP contribution is -2.34. The molecular weight excluding hydrogens is 288 g/mol.